The van der Waals surface area contributed by atoms with Gasteiger partial charge >= 0.3 is 0 Å². The third-order valence-electron chi connectivity index (χ3n) is 13.3. The van der Waals surface area contributed by atoms with Gasteiger partial charge in [-0.15, -0.1) is 0 Å². The molecule has 0 aliphatic heterocycles. The van der Waals surface area contributed by atoms with Gasteiger partial charge in [-0.25, -0.2) is 0 Å². The molecule has 0 aliphatic rings. The van der Waals surface area contributed by atoms with Gasteiger partial charge in [-0.2, -0.15) is 25.3 Å². The lowest BCUT2D eigenvalue weighted by Crippen LogP contribution is -2.62. The zero-order chi connectivity index (χ0) is 57.9. The Hall–Kier alpha value is -7.18. The molecule has 0 aliphatic carbocycles. The number of amides is 8. The van der Waals surface area contributed by atoms with Gasteiger partial charge in [0.15, 0.2) is 0 Å². The summed E-state index contributed by atoms with van der Waals surface area (Å²) >= 11 is 8.57. The normalized spacial score (nSPS) is 14.9. The molecule has 21 nitrogen and oxygen atoms in total. The topological polar surface area (TPSA) is 332 Å². The van der Waals surface area contributed by atoms with Crippen molar-refractivity contribution < 1.29 is 48.6 Å². The number of phenolic OH excluding ortho intramolecular Hbond substituents is 1. The maximum Gasteiger partial charge on any atom is 0.244 e. The van der Waals surface area contributed by atoms with E-state index in [0.717, 1.165) is 27.2 Å². The number of H-pyrrole nitrogens is 1. The van der Waals surface area contributed by atoms with Gasteiger partial charge in [0.1, 0.15) is 48.0 Å². The number of carbonyl (C=O) groups excluding carboxylic acids is 8. The SMILES string of the molecule is CC(C)[C@H](NC(=O)[C@H](CCCCN(C)C)NC(=O)[C@@H](Cc1c[nH]c2ccccc12)NC(=O)[C@H](Cc1ccc(O)cc1)NC(=O)[C@H](CS)NC(=O)[C@@H](N)Cc1ccc2ccccc2c1)C(=O)N[C@@H](CS)C(=O)N[C@H](C(N)=O)[C@@H](C)O. The Morgan fingerprint density at radius 1 is 0.582 bits per heavy atom. The zero-order valence-corrected chi connectivity index (χ0v) is 46.8. The largest absolute Gasteiger partial charge is 0.508 e. The summed E-state index contributed by atoms with van der Waals surface area (Å²) < 4.78 is 0. The number of para-hydroxylation sites is 1. The number of unbranched alkanes of at least 4 members (excludes halogenated alkanes) is 1. The van der Waals surface area contributed by atoms with E-state index in [1.807, 2.05) is 85.7 Å². The number of rotatable bonds is 30. The van der Waals surface area contributed by atoms with E-state index in [9.17, 15) is 48.6 Å². The van der Waals surface area contributed by atoms with Crippen molar-refractivity contribution in [3.05, 3.63) is 114 Å². The van der Waals surface area contributed by atoms with Crippen molar-refractivity contribution in [2.24, 2.45) is 17.4 Å². The van der Waals surface area contributed by atoms with Gasteiger partial charge in [-0.05, 0) is 105 Å². The summed E-state index contributed by atoms with van der Waals surface area (Å²) in [6.45, 7) is 5.24. The van der Waals surface area contributed by atoms with Crippen LogP contribution in [-0.2, 0) is 57.6 Å². The molecule has 0 unspecified atom stereocenters. The molecule has 5 rings (SSSR count). The highest BCUT2D eigenvalue weighted by Gasteiger charge is 2.36. The second kappa shape index (κ2) is 30.3. The van der Waals surface area contributed by atoms with Crippen LogP contribution in [0.1, 0.15) is 56.7 Å². The number of benzene rings is 4. The molecule has 5 aromatic rings. The minimum absolute atomic E-state index is 0.0410. The molecule has 79 heavy (non-hydrogen) atoms. The zero-order valence-electron chi connectivity index (χ0n) is 45.0. The van der Waals surface area contributed by atoms with E-state index >= 15 is 0 Å². The first kappa shape index (κ1) is 62.7. The molecule has 0 bridgehead atoms. The van der Waals surface area contributed by atoms with Crippen molar-refractivity contribution in [3.8, 4) is 5.75 Å². The molecule has 8 amide bonds. The average Bonchev–Trinajstić information content (AvgIpc) is 3.83. The maximum absolute atomic E-state index is 14.9. The Bertz CT molecular complexity index is 2900. The molecule has 0 fully saturated rings. The van der Waals surface area contributed by atoms with E-state index in [2.05, 4.69) is 67.5 Å². The lowest BCUT2D eigenvalue weighted by atomic mass is 10.00. The Morgan fingerprint density at radius 2 is 1.10 bits per heavy atom. The summed E-state index contributed by atoms with van der Waals surface area (Å²) in [7, 11) is 3.78. The number of aliphatic hydroxyl groups excluding tert-OH is 1. The highest BCUT2D eigenvalue weighted by atomic mass is 32.1. The van der Waals surface area contributed by atoms with Crippen molar-refractivity contribution in [3.63, 3.8) is 0 Å². The molecule has 0 spiro atoms. The van der Waals surface area contributed by atoms with Crippen molar-refractivity contribution in [2.75, 3.05) is 32.1 Å². The number of nitrogens with two attached hydrogens (primary N) is 2. The monoisotopic (exact) mass is 1130 g/mol. The number of aromatic nitrogens is 1. The minimum Gasteiger partial charge on any atom is -0.508 e. The number of fused-ring (bicyclic) bond motifs is 2. The van der Waals surface area contributed by atoms with Crippen LogP contribution in [0.2, 0.25) is 0 Å². The summed E-state index contributed by atoms with van der Waals surface area (Å²) in [6, 6.07) is 16.4. The van der Waals surface area contributed by atoms with E-state index in [4.69, 9.17) is 11.5 Å². The van der Waals surface area contributed by atoms with E-state index in [-0.39, 0.29) is 42.9 Å². The fourth-order valence-corrected chi connectivity index (χ4v) is 9.30. The molecule has 9 atom stereocenters. The standard InChI is InChI=1S/C56H75N11O10S2/c1-31(2)47(56(77)64-46(30-79)55(76)66-48(32(3)68)49(58)70)65-51(72)42(16-10-11-23-67(4)5)60-53(74)44(27-37-28-59-41-15-9-8-14-39(37)41)62-52(73)43(26-33-18-21-38(69)22-19-33)61-54(75)45(29-78)63-50(71)40(57)25-34-17-20-35-12-6-7-13-36(35)24-34/h6-9,12-15,17-22,24,28,31-32,40,42-48,59,68-69,78-79H,10-11,16,23,25-27,29-30,57H2,1-5H3,(H2,58,70)(H,60,74)(H,61,75)(H,62,73)(H,63,71)(H,64,77)(H,65,72)(H,66,76)/t32-,40+,42+,43+,44-,45+,46+,47+,48+/m1/s1. The van der Waals surface area contributed by atoms with Crippen molar-refractivity contribution in [2.45, 2.75) is 114 Å². The Labute approximate surface area is 470 Å². The van der Waals surface area contributed by atoms with Crippen molar-refractivity contribution in [1.29, 1.82) is 0 Å². The van der Waals surface area contributed by atoms with Gasteiger partial charge in [0.05, 0.1) is 12.1 Å². The van der Waals surface area contributed by atoms with Crippen LogP contribution in [0.4, 0.5) is 0 Å². The summed E-state index contributed by atoms with van der Waals surface area (Å²) in [5, 5.41) is 41.5. The number of aromatic amines is 1. The molecule has 4 aromatic carbocycles. The van der Waals surface area contributed by atoms with Gasteiger partial charge in [0.25, 0.3) is 0 Å². The minimum atomic E-state index is -1.46. The smallest absolute Gasteiger partial charge is 0.244 e. The van der Waals surface area contributed by atoms with Gasteiger partial charge in [0, 0.05) is 41.4 Å². The highest BCUT2D eigenvalue weighted by molar-refractivity contribution is 7.80. The fraction of sp³-hybridized carbons (Fsp3) is 0.429. The van der Waals surface area contributed by atoms with Crippen LogP contribution in [0, 0.1) is 5.92 Å². The molecule has 0 saturated carbocycles. The van der Waals surface area contributed by atoms with Gasteiger partial charge in [-0.3, -0.25) is 38.4 Å². The number of nitrogens with one attached hydrogen (secondary N) is 8. The van der Waals surface area contributed by atoms with Crippen LogP contribution in [-0.4, -0.2) is 154 Å². The van der Waals surface area contributed by atoms with Crippen LogP contribution in [0.3, 0.4) is 0 Å². The summed E-state index contributed by atoms with van der Waals surface area (Å²) in [6.07, 6.45) is 1.45. The number of hydrogen-bond donors (Lipinski definition) is 14. The molecule has 23 heteroatoms. The summed E-state index contributed by atoms with van der Waals surface area (Å²) in [5.41, 5.74) is 14.4. The van der Waals surface area contributed by atoms with Crippen LogP contribution in [0.15, 0.2) is 97.2 Å². The van der Waals surface area contributed by atoms with E-state index in [0.29, 0.717) is 30.5 Å². The second-order valence-corrected chi connectivity index (χ2v) is 21.0. The lowest BCUT2D eigenvalue weighted by Gasteiger charge is -2.29. The number of carbonyl (C=O) groups is 8. The number of aromatic hydroxyl groups is 1. The van der Waals surface area contributed by atoms with Crippen LogP contribution < -0.4 is 48.7 Å². The van der Waals surface area contributed by atoms with Gasteiger partial charge in [0.2, 0.25) is 47.3 Å². The first-order valence-electron chi connectivity index (χ1n) is 26.1. The lowest BCUT2D eigenvalue weighted by molar-refractivity contribution is -0.136. The van der Waals surface area contributed by atoms with Gasteiger partial charge in [-0.1, -0.05) is 86.6 Å². The Balaban J connectivity index is 1.41. The third-order valence-corrected chi connectivity index (χ3v) is 14.0. The van der Waals surface area contributed by atoms with Crippen LogP contribution in [0.25, 0.3) is 21.7 Å². The van der Waals surface area contributed by atoms with Crippen molar-refractivity contribution in [1.82, 2.24) is 47.1 Å². The molecule has 0 radical (unpaired) electrons. The summed E-state index contributed by atoms with van der Waals surface area (Å²) in [4.78, 5) is 116. The van der Waals surface area contributed by atoms with Gasteiger partial charge < -0.3 is 68.8 Å². The number of primary amides is 1. The molecule has 1 heterocycles. The second-order valence-electron chi connectivity index (χ2n) is 20.3. The predicted molar refractivity (Wildman–Crippen MR) is 309 cm³/mol. The van der Waals surface area contributed by atoms with E-state index in [1.54, 1.807) is 32.2 Å². The first-order valence-corrected chi connectivity index (χ1v) is 27.4. The van der Waals surface area contributed by atoms with E-state index < -0.39 is 108 Å². The first-order chi connectivity index (χ1) is 37.6. The van der Waals surface area contributed by atoms with Crippen LogP contribution >= 0.6 is 25.3 Å². The maximum atomic E-state index is 14.9. The number of phenols is 1. The number of nitrogens with zero attached hydrogens (tertiary/aromatic N) is 1. The quantitative estimate of drug-likeness (QED) is 0.0225. The predicted octanol–water partition coefficient (Wildman–Crippen LogP) is 0.889. The molecule has 14 N–H and O–H groups in total. The average molecular weight is 1130 g/mol. The van der Waals surface area contributed by atoms with Crippen LogP contribution in [0.5, 0.6) is 5.75 Å². The molecule has 1 aromatic heterocycles. The molecular weight excluding hydrogens is 1050 g/mol. The molecule has 0 saturated heterocycles. The number of aliphatic hydroxyl groups is 1. The van der Waals surface area contributed by atoms with Crippen molar-refractivity contribution >= 4 is 94.2 Å². The third kappa shape index (κ3) is 18.7. The molecule has 426 valence electrons. The highest BCUT2D eigenvalue weighted by Crippen LogP contribution is 2.21. The number of hydrogen-bond acceptors (Lipinski definition) is 14. The van der Waals surface area contributed by atoms with E-state index in [1.165, 1.54) is 19.1 Å². The number of thiol groups is 2. The Kier molecular flexibility index (Phi) is 24.0. The summed E-state index contributed by atoms with van der Waals surface area (Å²) in [5.74, 6) is -7.38. The fourth-order valence-electron chi connectivity index (χ4n) is 8.78. The Morgan fingerprint density at radius 3 is 1.71 bits per heavy atom. The molecular formula is C56H75N11O10S2.